The van der Waals surface area contributed by atoms with E-state index in [0.29, 0.717) is 22.7 Å². The van der Waals surface area contributed by atoms with Gasteiger partial charge in [-0.05, 0) is 62.4 Å². The number of pyridine rings is 1. The van der Waals surface area contributed by atoms with Crippen molar-refractivity contribution in [1.82, 2.24) is 10.3 Å². The van der Waals surface area contributed by atoms with Crippen LogP contribution in [0.25, 0.3) is 0 Å². The van der Waals surface area contributed by atoms with E-state index in [1.54, 1.807) is 42.7 Å². The highest BCUT2D eigenvalue weighted by Crippen LogP contribution is 2.54. The Hall–Kier alpha value is -2.40. The molecule has 2 bridgehead atoms. The van der Waals surface area contributed by atoms with Gasteiger partial charge in [-0.25, -0.2) is 0 Å². The van der Waals surface area contributed by atoms with Crippen LogP contribution in [-0.2, 0) is 4.79 Å². The minimum Gasteiger partial charge on any atom is -0.347 e. The fourth-order valence-electron chi connectivity index (χ4n) is 4.61. The molecule has 2 aromatic rings. The van der Waals surface area contributed by atoms with Crippen molar-refractivity contribution in [3.8, 4) is 0 Å². The molecule has 2 atom stereocenters. The van der Waals surface area contributed by atoms with Crippen LogP contribution in [0.1, 0.15) is 48.9 Å². The summed E-state index contributed by atoms with van der Waals surface area (Å²) in [5.41, 5.74) is 0.530. The molecule has 2 N–H and O–H groups in total. The molecule has 6 heteroatoms. The largest absolute Gasteiger partial charge is 0.347 e. The van der Waals surface area contributed by atoms with Gasteiger partial charge in [0.15, 0.2) is 0 Å². The molecule has 5 nitrogen and oxygen atoms in total. The number of amides is 2. The quantitative estimate of drug-likeness (QED) is 0.831. The maximum absolute atomic E-state index is 13.0. The lowest BCUT2D eigenvalue weighted by atomic mass is 9.72. The molecule has 0 aliphatic heterocycles. The minimum absolute atomic E-state index is 0.0362. The van der Waals surface area contributed by atoms with Gasteiger partial charge < -0.3 is 10.6 Å². The number of hydrogen-bond donors (Lipinski definition) is 2. The molecular weight excluding hydrogens is 362 g/mol. The Morgan fingerprint density at radius 2 is 1.96 bits per heavy atom. The van der Waals surface area contributed by atoms with Gasteiger partial charge in [0.1, 0.15) is 0 Å². The van der Waals surface area contributed by atoms with Crippen molar-refractivity contribution in [3.63, 3.8) is 0 Å². The molecule has 2 aliphatic rings. The first-order valence-electron chi connectivity index (χ1n) is 9.30. The molecule has 0 spiro atoms. The number of anilines is 1. The van der Waals surface area contributed by atoms with E-state index in [-0.39, 0.29) is 17.4 Å². The number of benzene rings is 1. The number of aromatic nitrogens is 1. The monoisotopic (exact) mass is 383 g/mol. The number of fused-ring (bicyclic) bond motifs is 2. The molecule has 0 radical (unpaired) electrons. The fraction of sp³-hybridized carbons (Fsp3) is 0.381. The van der Waals surface area contributed by atoms with Crippen LogP contribution >= 0.6 is 11.6 Å². The summed E-state index contributed by atoms with van der Waals surface area (Å²) in [4.78, 5) is 29.8. The van der Waals surface area contributed by atoms with Crippen molar-refractivity contribution >= 4 is 29.1 Å². The molecule has 1 heterocycles. The summed E-state index contributed by atoms with van der Waals surface area (Å²) >= 11 is 6.01. The average Bonchev–Trinajstić information content (AvgIpc) is 2.93. The second-order valence-corrected chi connectivity index (χ2v) is 8.19. The summed E-state index contributed by atoms with van der Waals surface area (Å²) in [5, 5.41) is 6.77. The molecule has 140 valence electrons. The summed E-state index contributed by atoms with van der Waals surface area (Å²) in [5.74, 6) is -0.0862. The van der Waals surface area contributed by atoms with Crippen LogP contribution in [0.3, 0.4) is 0 Å². The van der Waals surface area contributed by atoms with Crippen molar-refractivity contribution in [2.45, 2.75) is 44.1 Å². The van der Waals surface area contributed by atoms with Crippen molar-refractivity contribution in [2.75, 3.05) is 5.32 Å². The summed E-state index contributed by atoms with van der Waals surface area (Å²) in [6.45, 7) is 0. The maximum atomic E-state index is 13.0. The average molecular weight is 384 g/mol. The van der Waals surface area contributed by atoms with Crippen LogP contribution in [0.15, 0.2) is 48.8 Å². The number of carbonyl (C=O) groups excluding carboxylic acids is 2. The standard InChI is InChI=1S/C21H22ClN3O2/c22-16-5-1-4-15(12-16)18(26)25-21-8-3-7-20(14-21,9-10-21)19(27)24-17-6-2-11-23-13-17/h1-2,4-6,11-13H,3,7-10,14H2,(H,24,27)(H,25,26). The Morgan fingerprint density at radius 1 is 1.07 bits per heavy atom. The Bertz CT molecular complexity index is 873. The van der Waals surface area contributed by atoms with E-state index in [1.165, 1.54) is 0 Å². The maximum Gasteiger partial charge on any atom is 0.251 e. The zero-order valence-corrected chi connectivity index (χ0v) is 15.8. The number of nitrogens with one attached hydrogen (secondary N) is 2. The van der Waals surface area contributed by atoms with Crippen molar-refractivity contribution in [2.24, 2.45) is 5.41 Å². The molecule has 1 aromatic heterocycles. The molecule has 2 aliphatic carbocycles. The first kappa shape index (κ1) is 18.0. The van der Waals surface area contributed by atoms with Crippen LogP contribution in [0, 0.1) is 5.41 Å². The molecular formula is C21H22ClN3O2. The third kappa shape index (κ3) is 3.56. The third-order valence-electron chi connectivity index (χ3n) is 5.94. The molecule has 1 aromatic carbocycles. The predicted octanol–water partition coefficient (Wildman–Crippen LogP) is 4.20. The first-order chi connectivity index (χ1) is 13.0. The van der Waals surface area contributed by atoms with Gasteiger partial charge in [-0.15, -0.1) is 0 Å². The summed E-state index contributed by atoms with van der Waals surface area (Å²) in [6, 6.07) is 10.6. The molecule has 27 heavy (non-hydrogen) atoms. The number of nitrogens with zero attached hydrogens (tertiary/aromatic N) is 1. The van der Waals surface area contributed by atoms with Crippen molar-refractivity contribution < 1.29 is 9.59 Å². The van der Waals surface area contributed by atoms with Crippen LogP contribution in [0.2, 0.25) is 5.02 Å². The Balaban J connectivity index is 1.49. The van der Waals surface area contributed by atoms with Gasteiger partial charge in [0, 0.05) is 22.3 Å². The van der Waals surface area contributed by atoms with Gasteiger partial charge in [-0.1, -0.05) is 24.1 Å². The lowest BCUT2D eigenvalue weighted by Crippen LogP contribution is -2.50. The molecule has 2 unspecified atom stereocenters. The van der Waals surface area contributed by atoms with Crippen LogP contribution in [-0.4, -0.2) is 22.3 Å². The van der Waals surface area contributed by atoms with Gasteiger partial charge in [0.25, 0.3) is 5.91 Å². The molecule has 2 fully saturated rings. The van der Waals surface area contributed by atoms with E-state index < -0.39 is 5.41 Å². The Morgan fingerprint density at radius 3 is 2.74 bits per heavy atom. The van der Waals surface area contributed by atoms with Crippen molar-refractivity contribution in [1.29, 1.82) is 0 Å². The number of carbonyl (C=O) groups is 2. The minimum atomic E-state index is -0.421. The van der Waals surface area contributed by atoms with Crippen LogP contribution < -0.4 is 10.6 Å². The number of rotatable bonds is 4. The van der Waals surface area contributed by atoms with E-state index in [2.05, 4.69) is 15.6 Å². The summed E-state index contributed by atoms with van der Waals surface area (Å²) in [6.07, 6.45) is 8.31. The van der Waals surface area contributed by atoms with E-state index in [0.717, 1.165) is 32.1 Å². The lowest BCUT2D eigenvalue weighted by Gasteiger charge is -2.39. The lowest BCUT2D eigenvalue weighted by molar-refractivity contribution is -0.126. The molecule has 0 saturated heterocycles. The van der Waals surface area contributed by atoms with Gasteiger partial charge in [0.2, 0.25) is 5.91 Å². The van der Waals surface area contributed by atoms with E-state index >= 15 is 0 Å². The van der Waals surface area contributed by atoms with E-state index in [4.69, 9.17) is 11.6 Å². The normalized spacial score (nSPS) is 26.4. The second kappa shape index (κ2) is 6.97. The zero-order valence-electron chi connectivity index (χ0n) is 15.0. The van der Waals surface area contributed by atoms with Gasteiger partial charge in [-0.3, -0.25) is 14.6 Å². The molecule has 4 rings (SSSR count). The topological polar surface area (TPSA) is 71.1 Å². The first-order valence-corrected chi connectivity index (χ1v) is 9.68. The Labute approximate surface area is 163 Å². The van der Waals surface area contributed by atoms with Crippen LogP contribution in [0.4, 0.5) is 5.69 Å². The molecule has 2 amide bonds. The van der Waals surface area contributed by atoms with Gasteiger partial charge >= 0.3 is 0 Å². The van der Waals surface area contributed by atoms with Gasteiger partial charge in [-0.2, -0.15) is 0 Å². The zero-order chi connectivity index (χ0) is 18.9. The Kier molecular flexibility index (Phi) is 4.64. The van der Waals surface area contributed by atoms with E-state index in [9.17, 15) is 9.59 Å². The molecule has 2 saturated carbocycles. The fourth-order valence-corrected chi connectivity index (χ4v) is 4.80. The predicted molar refractivity (Wildman–Crippen MR) is 105 cm³/mol. The van der Waals surface area contributed by atoms with Crippen molar-refractivity contribution in [3.05, 3.63) is 59.4 Å². The highest BCUT2D eigenvalue weighted by atomic mass is 35.5. The third-order valence-corrected chi connectivity index (χ3v) is 6.17. The number of hydrogen-bond acceptors (Lipinski definition) is 3. The van der Waals surface area contributed by atoms with Crippen LogP contribution in [0.5, 0.6) is 0 Å². The smallest absolute Gasteiger partial charge is 0.251 e. The summed E-state index contributed by atoms with van der Waals surface area (Å²) < 4.78 is 0. The SMILES string of the molecule is O=C(NC12CCCC(C(=O)Nc3cccnc3)(CC1)C2)c1cccc(Cl)c1. The highest BCUT2D eigenvalue weighted by Gasteiger charge is 2.55. The highest BCUT2D eigenvalue weighted by molar-refractivity contribution is 6.30. The number of halogens is 1. The van der Waals surface area contributed by atoms with E-state index in [1.807, 2.05) is 6.07 Å². The summed E-state index contributed by atoms with van der Waals surface area (Å²) in [7, 11) is 0. The second-order valence-electron chi connectivity index (χ2n) is 7.75. The van der Waals surface area contributed by atoms with Gasteiger partial charge in [0.05, 0.1) is 17.3 Å².